The number of nitrogens with zero attached hydrogens (tertiary/aromatic N) is 5. The number of methoxy groups -OCH3 is 1. The van der Waals surface area contributed by atoms with E-state index in [1.54, 1.807) is 13.3 Å². The van der Waals surface area contributed by atoms with Crippen molar-refractivity contribution in [2.75, 3.05) is 64.2 Å². The summed E-state index contributed by atoms with van der Waals surface area (Å²) in [5.41, 5.74) is 3.94. The molecule has 1 fully saturated rings. The molecule has 1 aliphatic heterocycles. The van der Waals surface area contributed by atoms with Crippen LogP contribution in [0.3, 0.4) is 0 Å². The fourth-order valence-corrected chi connectivity index (χ4v) is 4.63. The Hall–Kier alpha value is -2.19. The molecule has 29 heavy (non-hydrogen) atoms. The lowest BCUT2D eigenvalue weighted by molar-refractivity contribution is 0.108. The Bertz CT molecular complexity index is 798. The predicted molar refractivity (Wildman–Crippen MR) is 115 cm³/mol. The molecule has 3 heterocycles. The highest BCUT2D eigenvalue weighted by Gasteiger charge is 2.44. The van der Waals surface area contributed by atoms with Gasteiger partial charge in [0.2, 0.25) is 5.95 Å². The number of aromatic nitrogens is 4. The van der Waals surface area contributed by atoms with E-state index in [0.29, 0.717) is 0 Å². The number of aromatic amines is 1. The molecule has 0 unspecified atom stereocenters. The number of fused-ring (bicyclic) bond motifs is 2. The monoisotopic (exact) mass is 399 g/mol. The summed E-state index contributed by atoms with van der Waals surface area (Å²) in [5.74, 6) is 1.81. The largest absolute Gasteiger partial charge is 0.383 e. The molecular weight excluding hydrogens is 366 g/mol. The molecule has 1 aliphatic carbocycles. The first kappa shape index (κ1) is 20.1. The van der Waals surface area contributed by atoms with Crippen molar-refractivity contribution in [3.8, 4) is 0 Å². The molecule has 0 radical (unpaired) electrons. The van der Waals surface area contributed by atoms with Gasteiger partial charge in [0.25, 0.3) is 0 Å². The van der Waals surface area contributed by atoms with Gasteiger partial charge in [-0.3, -0.25) is 5.10 Å². The standard InChI is InChI=1S/C21H33N7O/c1-27(2)20-24-18-17(19(25-20)22-10-5-16-6-11-23-26-16)4-7-21(18)8-12-28(13-9-21)14-15-29-3/h6,11H,4-5,7-10,12-15H2,1-3H3,(H,23,26)(H,22,24,25). The first-order valence-corrected chi connectivity index (χ1v) is 10.6. The zero-order valence-corrected chi connectivity index (χ0v) is 17.9. The Morgan fingerprint density at radius 2 is 2.07 bits per heavy atom. The number of hydrogen-bond donors (Lipinski definition) is 2. The van der Waals surface area contributed by atoms with E-state index in [-0.39, 0.29) is 5.41 Å². The minimum atomic E-state index is 0.201. The van der Waals surface area contributed by atoms with Crippen molar-refractivity contribution in [2.45, 2.75) is 37.5 Å². The van der Waals surface area contributed by atoms with E-state index in [9.17, 15) is 0 Å². The first-order valence-electron chi connectivity index (χ1n) is 10.6. The molecule has 8 heteroatoms. The molecule has 2 N–H and O–H groups in total. The smallest absolute Gasteiger partial charge is 0.227 e. The van der Waals surface area contributed by atoms with Gasteiger partial charge in [0.15, 0.2) is 0 Å². The van der Waals surface area contributed by atoms with E-state index in [2.05, 4.69) is 20.4 Å². The summed E-state index contributed by atoms with van der Waals surface area (Å²) in [6, 6.07) is 2.02. The topological polar surface area (TPSA) is 82.2 Å². The van der Waals surface area contributed by atoms with Gasteiger partial charge in [-0.2, -0.15) is 10.1 Å². The third-order valence-electron chi connectivity index (χ3n) is 6.42. The second kappa shape index (κ2) is 8.67. The molecule has 0 bridgehead atoms. The average Bonchev–Trinajstić information content (AvgIpc) is 3.36. The first-order chi connectivity index (χ1) is 14.1. The summed E-state index contributed by atoms with van der Waals surface area (Å²) in [4.78, 5) is 14.4. The molecule has 1 saturated heterocycles. The highest BCUT2D eigenvalue weighted by molar-refractivity contribution is 5.55. The van der Waals surface area contributed by atoms with Gasteiger partial charge in [0, 0.05) is 63.6 Å². The number of anilines is 2. The van der Waals surface area contributed by atoms with E-state index < -0.39 is 0 Å². The van der Waals surface area contributed by atoms with E-state index in [1.807, 2.05) is 25.1 Å². The number of ether oxygens (including phenoxy) is 1. The SMILES string of the molecule is COCCN1CCC2(CCc3c(NCCc4ccn[nH]4)nc(N(C)C)nc32)CC1. The van der Waals surface area contributed by atoms with Gasteiger partial charge in [-0.05, 0) is 44.8 Å². The maximum absolute atomic E-state index is 5.26. The van der Waals surface area contributed by atoms with Gasteiger partial charge in [0.1, 0.15) is 5.82 Å². The van der Waals surface area contributed by atoms with Crippen molar-refractivity contribution >= 4 is 11.8 Å². The van der Waals surface area contributed by atoms with Gasteiger partial charge in [0.05, 0.1) is 12.3 Å². The summed E-state index contributed by atoms with van der Waals surface area (Å²) in [6.07, 6.45) is 7.28. The Morgan fingerprint density at radius 1 is 1.24 bits per heavy atom. The summed E-state index contributed by atoms with van der Waals surface area (Å²) >= 11 is 0. The van der Waals surface area contributed by atoms with Crippen molar-refractivity contribution in [1.82, 2.24) is 25.1 Å². The van der Waals surface area contributed by atoms with Crippen LogP contribution in [0.25, 0.3) is 0 Å². The number of nitrogens with one attached hydrogen (secondary N) is 2. The van der Waals surface area contributed by atoms with Crippen molar-refractivity contribution in [1.29, 1.82) is 0 Å². The second-order valence-electron chi connectivity index (χ2n) is 8.47. The van der Waals surface area contributed by atoms with Crippen molar-refractivity contribution < 1.29 is 4.74 Å². The third-order valence-corrected chi connectivity index (χ3v) is 6.42. The summed E-state index contributed by atoms with van der Waals surface area (Å²) < 4.78 is 5.26. The van der Waals surface area contributed by atoms with Crippen molar-refractivity contribution in [2.24, 2.45) is 0 Å². The van der Waals surface area contributed by atoms with Crippen LogP contribution in [0.1, 0.15) is 36.2 Å². The number of H-pyrrole nitrogens is 1. The molecule has 2 aliphatic rings. The van der Waals surface area contributed by atoms with E-state index in [4.69, 9.17) is 14.7 Å². The Morgan fingerprint density at radius 3 is 2.76 bits per heavy atom. The van der Waals surface area contributed by atoms with Gasteiger partial charge in [-0.15, -0.1) is 0 Å². The number of hydrogen-bond acceptors (Lipinski definition) is 7. The molecule has 8 nitrogen and oxygen atoms in total. The normalized spacial score (nSPS) is 18.2. The molecule has 2 aromatic rings. The Labute approximate surface area is 173 Å². The van der Waals surface area contributed by atoms with Crippen LogP contribution in [0.4, 0.5) is 11.8 Å². The van der Waals surface area contributed by atoms with Crippen molar-refractivity contribution in [3.05, 3.63) is 29.2 Å². The van der Waals surface area contributed by atoms with E-state index in [0.717, 1.165) is 63.1 Å². The van der Waals surface area contributed by atoms with Crippen LogP contribution < -0.4 is 10.2 Å². The summed E-state index contributed by atoms with van der Waals surface area (Å²) in [7, 11) is 5.81. The average molecular weight is 400 g/mol. The van der Waals surface area contributed by atoms with Gasteiger partial charge < -0.3 is 19.9 Å². The highest BCUT2D eigenvalue weighted by Crippen LogP contribution is 2.47. The fourth-order valence-electron chi connectivity index (χ4n) is 4.63. The number of rotatable bonds is 8. The highest BCUT2D eigenvalue weighted by atomic mass is 16.5. The van der Waals surface area contributed by atoms with Gasteiger partial charge in [-0.25, -0.2) is 4.98 Å². The van der Waals surface area contributed by atoms with Crippen LogP contribution in [0.15, 0.2) is 12.3 Å². The minimum Gasteiger partial charge on any atom is -0.383 e. The molecule has 2 aromatic heterocycles. The van der Waals surface area contributed by atoms with Crippen LogP contribution in [-0.4, -0.2) is 79.1 Å². The molecule has 0 atom stereocenters. The lowest BCUT2D eigenvalue weighted by Gasteiger charge is -2.39. The molecule has 1 spiro atoms. The molecule has 0 aromatic carbocycles. The van der Waals surface area contributed by atoms with Gasteiger partial charge >= 0.3 is 0 Å². The predicted octanol–water partition coefficient (Wildman–Crippen LogP) is 1.85. The van der Waals surface area contributed by atoms with E-state index in [1.165, 1.54) is 30.5 Å². The van der Waals surface area contributed by atoms with Crippen LogP contribution in [0.2, 0.25) is 0 Å². The number of likely N-dealkylation sites (tertiary alicyclic amines) is 1. The lowest BCUT2D eigenvalue weighted by atomic mass is 9.76. The van der Waals surface area contributed by atoms with Crippen LogP contribution in [-0.2, 0) is 23.0 Å². The maximum Gasteiger partial charge on any atom is 0.227 e. The van der Waals surface area contributed by atoms with Crippen LogP contribution in [0.5, 0.6) is 0 Å². The second-order valence-corrected chi connectivity index (χ2v) is 8.47. The zero-order valence-electron chi connectivity index (χ0n) is 17.9. The van der Waals surface area contributed by atoms with Crippen molar-refractivity contribution in [3.63, 3.8) is 0 Å². The van der Waals surface area contributed by atoms with E-state index >= 15 is 0 Å². The summed E-state index contributed by atoms with van der Waals surface area (Å²) in [6.45, 7) is 4.89. The minimum absolute atomic E-state index is 0.201. The van der Waals surface area contributed by atoms with Crippen LogP contribution >= 0.6 is 0 Å². The quantitative estimate of drug-likeness (QED) is 0.701. The lowest BCUT2D eigenvalue weighted by Crippen LogP contribution is -2.43. The maximum atomic E-state index is 5.26. The zero-order chi connectivity index (χ0) is 20.3. The summed E-state index contributed by atoms with van der Waals surface area (Å²) in [5, 5.41) is 10.6. The molecule has 4 rings (SSSR count). The molecular formula is C21H33N7O. The molecule has 0 amide bonds. The van der Waals surface area contributed by atoms with Gasteiger partial charge in [-0.1, -0.05) is 0 Å². The Balaban J connectivity index is 1.52. The molecule has 158 valence electrons. The number of piperidine rings is 1. The fraction of sp³-hybridized carbons (Fsp3) is 0.667. The third kappa shape index (κ3) is 4.23. The Kier molecular flexibility index (Phi) is 6.01. The van der Waals surface area contributed by atoms with Crippen LogP contribution in [0, 0.1) is 0 Å². The molecule has 0 saturated carbocycles.